The van der Waals surface area contributed by atoms with E-state index in [1.54, 1.807) is 0 Å². The molecule has 0 aliphatic carbocycles. The van der Waals surface area contributed by atoms with Gasteiger partial charge in [0.2, 0.25) is 5.96 Å². The van der Waals surface area contributed by atoms with Gasteiger partial charge in [-0.3, -0.25) is 9.09 Å². The number of nitrogens with zero attached hydrogens (tertiary/aromatic N) is 2. The Kier molecular flexibility index (Phi) is 12.2. The summed E-state index contributed by atoms with van der Waals surface area (Å²) in [5, 5.41) is 5.70. The third kappa shape index (κ3) is 10.2. The molecular formula is C15H33N6O3P. The number of aliphatic imine (C=N–C) groups is 2. The summed E-state index contributed by atoms with van der Waals surface area (Å²) in [6.07, 6.45) is 3.57. The van der Waals surface area contributed by atoms with Crippen LogP contribution < -0.4 is 22.1 Å². The topological polar surface area (TPSA) is 147 Å². The molecule has 146 valence electrons. The van der Waals surface area contributed by atoms with Gasteiger partial charge in [-0.2, -0.15) is 4.99 Å². The van der Waals surface area contributed by atoms with E-state index in [4.69, 9.17) is 16.4 Å². The van der Waals surface area contributed by atoms with Crippen LogP contribution in [-0.2, 0) is 9.09 Å². The highest BCUT2D eigenvalue weighted by atomic mass is 31.1. The Morgan fingerprint density at radius 1 is 1.28 bits per heavy atom. The first kappa shape index (κ1) is 23.6. The molecular weight excluding hydrogens is 343 g/mol. The molecule has 1 unspecified atom stereocenters. The number of guanidine groups is 2. The quantitative estimate of drug-likeness (QED) is 0.120. The number of rotatable bonds is 11. The minimum atomic E-state index is -3.02. The molecule has 0 heterocycles. The summed E-state index contributed by atoms with van der Waals surface area (Å²) in [6, 6.07) is 0. The zero-order valence-corrected chi connectivity index (χ0v) is 16.5. The molecule has 9 nitrogen and oxygen atoms in total. The molecule has 7 N–H and O–H groups in total. The van der Waals surface area contributed by atoms with E-state index >= 15 is 0 Å². The van der Waals surface area contributed by atoms with Crippen LogP contribution >= 0.6 is 8.25 Å². The van der Waals surface area contributed by atoms with Gasteiger partial charge in [0, 0.05) is 17.7 Å². The van der Waals surface area contributed by atoms with Crippen molar-refractivity contribution in [3.8, 4) is 0 Å². The molecule has 0 bridgehead atoms. The summed E-state index contributed by atoms with van der Waals surface area (Å²) in [4.78, 5) is 17.3. The lowest BCUT2D eigenvalue weighted by Gasteiger charge is -2.26. The van der Waals surface area contributed by atoms with Gasteiger partial charge in [0.25, 0.3) is 0 Å². The van der Waals surface area contributed by atoms with E-state index in [1.807, 2.05) is 0 Å². The van der Waals surface area contributed by atoms with Gasteiger partial charge in [-0.05, 0) is 32.2 Å². The SMILES string of the molecule is C=C(/N=C(\N=C(/N)NCO[PH](=O)O)NCCCCN)C(C)(CC)CC. The van der Waals surface area contributed by atoms with Gasteiger partial charge in [-0.1, -0.05) is 27.4 Å². The van der Waals surface area contributed by atoms with Crippen LogP contribution in [0.2, 0.25) is 0 Å². The lowest BCUT2D eigenvalue weighted by molar-refractivity contribution is 0.275. The Labute approximate surface area is 151 Å². The van der Waals surface area contributed by atoms with E-state index < -0.39 is 8.25 Å². The standard InChI is InChI=1S/C15H33N6O3P/c1-5-15(4,6-2)12(3)20-14(18-10-8-7-9-16)21-13(17)19-11-24-25(22)23/h25H,3,5-11,16H2,1-2,4H3,(H,22,23)(H4,17,18,19,20,21). The Balaban J connectivity index is 5.09. The van der Waals surface area contributed by atoms with Crippen molar-refractivity contribution in [1.29, 1.82) is 0 Å². The normalized spacial score (nSPS) is 14.3. The molecule has 10 heteroatoms. The predicted octanol–water partition coefficient (Wildman–Crippen LogP) is 1.27. The summed E-state index contributed by atoms with van der Waals surface area (Å²) >= 11 is 0. The Bertz CT molecular complexity index is 492. The summed E-state index contributed by atoms with van der Waals surface area (Å²) in [6.45, 7) is 11.4. The van der Waals surface area contributed by atoms with Gasteiger partial charge in [0.15, 0.2) is 5.96 Å². The van der Waals surface area contributed by atoms with Crippen LogP contribution in [-0.4, -0.2) is 36.6 Å². The molecule has 0 aromatic rings. The zero-order chi connectivity index (χ0) is 19.3. The van der Waals surface area contributed by atoms with Gasteiger partial charge in [-0.15, -0.1) is 0 Å². The van der Waals surface area contributed by atoms with Crippen molar-refractivity contribution in [2.24, 2.45) is 26.9 Å². The lowest BCUT2D eigenvalue weighted by atomic mass is 9.82. The van der Waals surface area contributed by atoms with E-state index in [-0.39, 0.29) is 18.1 Å². The molecule has 0 spiro atoms. The molecule has 0 saturated heterocycles. The average molecular weight is 376 g/mol. The van der Waals surface area contributed by atoms with Gasteiger partial charge in [-0.25, -0.2) is 4.99 Å². The molecule has 0 aromatic heterocycles. The molecule has 0 aromatic carbocycles. The van der Waals surface area contributed by atoms with Crippen molar-refractivity contribution in [2.75, 3.05) is 19.8 Å². The van der Waals surface area contributed by atoms with Crippen molar-refractivity contribution < 1.29 is 14.0 Å². The second-order valence-corrected chi connectivity index (χ2v) is 6.62. The monoisotopic (exact) mass is 376 g/mol. The summed E-state index contributed by atoms with van der Waals surface area (Å²) < 4.78 is 15.0. The van der Waals surface area contributed by atoms with Crippen LogP contribution in [0.25, 0.3) is 0 Å². The number of nitrogens with one attached hydrogen (secondary N) is 2. The molecule has 1 atom stereocenters. The van der Waals surface area contributed by atoms with Crippen LogP contribution in [0.4, 0.5) is 0 Å². The minimum Gasteiger partial charge on any atom is -0.370 e. The maximum absolute atomic E-state index is 10.5. The Morgan fingerprint density at radius 3 is 2.44 bits per heavy atom. The number of unbranched alkanes of at least 4 members (excludes halogenated alkanes) is 1. The second kappa shape index (κ2) is 12.9. The van der Waals surface area contributed by atoms with Gasteiger partial charge < -0.3 is 27.0 Å². The van der Waals surface area contributed by atoms with Crippen LogP contribution in [0.5, 0.6) is 0 Å². The zero-order valence-electron chi connectivity index (χ0n) is 15.5. The molecule has 0 fully saturated rings. The van der Waals surface area contributed by atoms with Crippen molar-refractivity contribution >= 4 is 20.2 Å². The number of allylic oxidation sites excluding steroid dienone is 1. The van der Waals surface area contributed by atoms with Gasteiger partial charge in [0.1, 0.15) is 6.73 Å². The van der Waals surface area contributed by atoms with Crippen LogP contribution in [0.15, 0.2) is 22.3 Å². The van der Waals surface area contributed by atoms with E-state index in [9.17, 15) is 4.57 Å². The van der Waals surface area contributed by atoms with Crippen LogP contribution in [0.1, 0.15) is 46.5 Å². The molecule has 25 heavy (non-hydrogen) atoms. The first-order chi connectivity index (χ1) is 11.8. The third-order valence-electron chi connectivity index (χ3n) is 4.09. The van der Waals surface area contributed by atoms with E-state index in [1.165, 1.54) is 0 Å². The largest absolute Gasteiger partial charge is 0.370 e. The lowest BCUT2D eigenvalue weighted by Crippen LogP contribution is -2.36. The number of hydrogen-bond acceptors (Lipinski definition) is 4. The van der Waals surface area contributed by atoms with Crippen LogP contribution in [0.3, 0.4) is 0 Å². The highest BCUT2D eigenvalue weighted by Gasteiger charge is 2.23. The Hall–Kier alpha value is -1.41. The van der Waals surface area contributed by atoms with Crippen molar-refractivity contribution in [3.05, 3.63) is 12.3 Å². The average Bonchev–Trinajstić information content (AvgIpc) is 2.57. The summed E-state index contributed by atoms with van der Waals surface area (Å²) in [5.41, 5.74) is 11.8. The van der Waals surface area contributed by atoms with E-state index in [2.05, 4.69) is 52.5 Å². The predicted molar refractivity (Wildman–Crippen MR) is 103 cm³/mol. The van der Waals surface area contributed by atoms with Crippen molar-refractivity contribution in [3.63, 3.8) is 0 Å². The highest BCUT2D eigenvalue weighted by molar-refractivity contribution is 7.32. The fourth-order valence-corrected chi connectivity index (χ4v) is 2.02. The van der Waals surface area contributed by atoms with E-state index in [0.29, 0.717) is 24.7 Å². The third-order valence-corrected chi connectivity index (χ3v) is 4.48. The first-order valence-electron chi connectivity index (χ1n) is 8.44. The maximum atomic E-state index is 10.5. The molecule has 0 radical (unpaired) electrons. The molecule has 0 aliphatic rings. The van der Waals surface area contributed by atoms with Gasteiger partial charge in [0.05, 0.1) is 0 Å². The molecule has 0 aliphatic heterocycles. The maximum Gasteiger partial charge on any atom is 0.318 e. The van der Waals surface area contributed by atoms with Gasteiger partial charge >= 0.3 is 8.25 Å². The fraction of sp³-hybridized carbons (Fsp3) is 0.733. The smallest absolute Gasteiger partial charge is 0.318 e. The van der Waals surface area contributed by atoms with Crippen molar-refractivity contribution in [1.82, 2.24) is 10.6 Å². The summed E-state index contributed by atoms with van der Waals surface area (Å²) in [7, 11) is -3.02. The molecule has 0 saturated carbocycles. The molecule has 0 rings (SSSR count). The summed E-state index contributed by atoms with van der Waals surface area (Å²) in [5.74, 6) is 0.354. The minimum absolute atomic E-state index is 0.0239. The first-order valence-corrected chi connectivity index (χ1v) is 9.71. The van der Waals surface area contributed by atoms with Crippen molar-refractivity contribution in [2.45, 2.75) is 46.5 Å². The number of hydrogen-bond donors (Lipinski definition) is 5. The fourth-order valence-electron chi connectivity index (χ4n) is 1.82. The van der Waals surface area contributed by atoms with E-state index in [0.717, 1.165) is 25.7 Å². The second-order valence-electron chi connectivity index (χ2n) is 5.80. The number of nitrogens with two attached hydrogens (primary N) is 2. The highest BCUT2D eigenvalue weighted by Crippen LogP contribution is 2.33. The molecule has 0 amide bonds. The van der Waals surface area contributed by atoms with Crippen LogP contribution in [0, 0.1) is 5.41 Å². The Morgan fingerprint density at radius 2 is 1.92 bits per heavy atom.